The van der Waals surface area contributed by atoms with Gasteiger partial charge in [0.2, 0.25) is 0 Å². The molecule has 5 heteroatoms. The van der Waals surface area contributed by atoms with Crippen molar-refractivity contribution in [3.8, 4) is 0 Å². The number of halogens is 1. The van der Waals surface area contributed by atoms with E-state index in [0.29, 0.717) is 6.54 Å². The summed E-state index contributed by atoms with van der Waals surface area (Å²) in [5.74, 6) is 0. The zero-order chi connectivity index (χ0) is 11.0. The van der Waals surface area contributed by atoms with Crippen LogP contribution >= 0.6 is 15.9 Å². The second-order valence-corrected chi connectivity index (χ2v) is 4.47. The Hall–Kier alpha value is -1.07. The molecule has 0 spiro atoms. The molecule has 1 atom stereocenters. The molecule has 0 amide bonds. The lowest BCUT2D eigenvalue weighted by Gasteiger charge is -2.05. The number of hydrogen-bond acceptors (Lipinski definition) is 2. The van der Waals surface area contributed by atoms with Gasteiger partial charge in [0.05, 0.1) is 23.7 Å². The number of benzene rings is 1. The maximum Gasteiger partial charge on any atom is 0.326 e. The van der Waals surface area contributed by atoms with Crippen LogP contribution in [0.15, 0.2) is 27.5 Å². The Morgan fingerprint density at radius 3 is 3.00 bits per heavy atom. The number of hydrogen-bond donors (Lipinski definition) is 2. The third-order valence-corrected chi connectivity index (χ3v) is 2.68. The van der Waals surface area contributed by atoms with Crippen LogP contribution in [0.5, 0.6) is 0 Å². The minimum atomic E-state index is -0.541. The fourth-order valence-corrected chi connectivity index (χ4v) is 1.92. The Labute approximate surface area is 94.7 Å². The van der Waals surface area contributed by atoms with Crippen LogP contribution < -0.4 is 5.69 Å². The number of rotatable bonds is 2. The monoisotopic (exact) mass is 270 g/mol. The third kappa shape index (κ3) is 1.98. The highest BCUT2D eigenvalue weighted by Crippen LogP contribution is 2.17. The number of aromatic amines is 1. The first-order valence-corrected chi connectivity index (χ1v) is 5.43. The minimum absolute atomic E-state index is 0.191. The van der Waals surface area contributed by atoms with Gasteiger partial charge in [0.15, 0.2) is 0 Å². The summed E-state index contributed by atoms with van der Waals surface area (Å²) in [6.45, 7) is 1.96. The van der Waals surface area contributed by atoms with Crippen molar-refractivity contribution in [3.63, 3.8) is 0 Å². The molecule has 0 aliphatic rings. The number of nitrogens with zero attached hydrogens (tertiary/aromatic N) is 1. The Morgan fingerprint density at radius 1 is 1.60 bits per heavy atom. The number of imidazole rings is 1. The molecule has 2 N–H and O–H groups in total. The molecule has 1 aromatic carbocycles. The first-order valence-electron chi connectivity index (χ1n) is 4.64. The van der Waals surface area contributed by atoms with Gasteiger partial charge in [-0.25, -0.2) is 4.79 Å². The maximum atomic E-state index is 11.6. The summed E-state index contributed by atoms with van der Waals surface area (Å²) in [5.41, 5.74) is 1.39. The van der Waals surface area contributed by atoms with Crippen molar-refractivity contribution < 1.29 is 5.11 Å². The van der Waals surface area contributed by atoms with Crippen LogP contribution in [0, 0.1) is 0 Å². The summed E-state index contributed by atoms with van der Waals surface area (Å²) in [6.07, 6.45) is -0.541. The molecule has 1 heterocycles. The highest BCUT2D eigenvalue weighted by molar-refractivity contribution is 9.10. The summed E-state index contributed by atoms with van der Waals surface area (Å²) in [4.78, 5) is 14.3. The topological polar surface area (TPSA) is 58.0 Å². The second-order valence-electron chi connectivity index (χ2n) is 3.55. The SMILES string of the molecule is CC(O)Cn1c(=O)[nH]c2ccc(Br)cc21. The molecule has 1 unspecified atom stereocenters. The van der Waals surface area contributed by atoms with Crippen LogP contribution in [0.25, 0.3) is 11.0 Å². The summed E-state index contributed by atoms with van der Waals surface area (Å²) in [7, 11) is 0. The smallest absolute Gasteiger partial charge is 0.326 e. The molecular formula is C10H11BrN2O2. The number of aliphatic hydroxyl groups is 1. The van der Waals surface area contributed by atoms with E-state index in [9.17, 15) is 9.90 Å². The molecule has 0 aliphatic carbocycles. The Morgan fingerprint density at radius 2 is 2.33 bits per heavy atom. The van der Waals surface area contributed by atoms with E-state index in [1.165, 1.54) is 4.57 Å². The van der Waals surface area contributed by atoms with Crippen LogP contribution in [-0.2, 0) is 6.54 Å². The molecule has 0 radical (unpaired) electrons. The van der Waals surface area contributed by atoms with Gasteiger partial charge >= 0.3 is 5.69 Å². The molecule has 0 saturated carbocycles. The van der Waals surface area contributed by atoms with Crippen LogP contribution in [-0.4, -0.2) is 20.8 Å². The molecule has 15 heavy (non-hydrogen) atoms. The Kier molecular flexibility index (Phi) is 2.67. The zero-order valence-electron chi connectivity index (χ0n) is 8.20. The number of H-pyrrole nitrogens is 1. The average molecular weight is 271 g/mol. The average Bonchev–Trinajstić information content (AvgIpc) is 2.43. The highest BCUT2D eigenvalue weighted by atomic mass is 79.9. The van der Waals surface area contributed by atoms with E-state index < -0.39 is 6.10 Å². The van der Waals surface area contributed by atoms with E-state index in [1.54, 1.807) is 6.92 Å². The van der Waals surface area contributed by atoms with E-state index in [2.05, 4.69) is 20.9 Å². The van der Waals surface area contributed by atoms with E-state index >= 15 is 0 Å². The lowest BCUT2D eigenvalue weighted by atomic mass is 10.3. The van der Waals surface area contributed by atoms with Gasteiger partial charge in [0.1, 0.15) is 0 Å². The van der Waals surface area contributed by atoms with E-state index in [1.807, 2.05) is 18.2 Å². The van der Waals surface area contributed by atoms with Gasteiger partial charge in [-0.15, -0.1) is 0 Å². The summed E-state index contributed by atoms with van der Waals surface area (Å²) < 4.78 is 2.44. The van der Waals surface area contributed by atoms with Crippen molar-refractivity contribution in [2.24, 2.45) is 0 Å². The number of aliphatic hydroxyl groups excluding tert-OH is 1. The van der Waals surface area contributed by atoms with Crippen molar-refractivity contribution in [1.82, 2.24) is 9.55 Å². The molecule has 0 fully saturated rings. The van der Waals surface area contributed by atoms with E-state index in [0.717, 1.165) is 15.5 Å². The zero-order valence-corrected chi connectivity index (χ0v) is 9.78. The van der Waals surface area contributed by atoms with Gasteiger partial charge in [-0.2, -0.15) is 0 Å². The molecule has 0 bridgehead atoms. The molecule has 80 valence electrons. The quantitative estimate of drug-likeness (QED) is 0.869. The number of nitrogens with one attached hydrogen (secondary N) is 1. The molecule has 2 rings (SSSR count). The predicted molar refractivity (Wildman–Crippen MR) is 61.9 cm³/mol. The predicted octanol–water partition coefficient (Wildman–Crippen LogP) is 1.47. The van der Waals surface area contributed by atoms with E-state index in [-0.39, 0.29) is 5.69 Å². The Balaban J connectivity index is 2.65. The third-order valence-electron chi connectivity index (χ3n) is 2.18. The number of fused-ring (bicyclic) bond motifs is 1. The second kappa shape index (κ2) is 3.83. The van der Waals surface area contributed by atoms with Crippen LogP contribution in [0.3, 0.4) is 0 Å². The van der Waals surface area contributed by atoms with Crippen molar-refractivity contribution in [2.75, 3.05) is 0 Å². The maximum absolute atomic E-state index is 11.6. The van der Waals surface area contributed by atoms with Gasteiger partial charge in [-0.1, -0.05) is 15.9 Å². The van der Waals surface area contributed by atoms with Gasteiger partial charge < -0.3 is 10.1 Å². The van der Waals surface area contributed by atoms with Gasteiger partial charge in [0, 0.05) is 4.47 Å². The molecule has 0 saturated heterocycles. The van der Waals surface area contributed by atoms with E-state index in [4.69, 9.17) is 0 Å². The van der Waals surface area contributed by atoms with Crippen LogP contribution in [0.4, 0.5) is 0 Å². The normalized spacial score (nSPS) is 13.3. The summed E-state index contributed by atoms with van der Waals surface area (Å²) in [6, 6.07) is 5.56. The van der Waals surface area contributed by atoms with Crippen molar-refractivity contribution in [3.05, 3.63) is 33.2 Å². The number of aromatic nitrogens is 2. The van der Waals surface area contributed by atoms with Crippen LogP contribution in [0.1, 0.15) is 6.92 Å². The molecular weight excluding hydrogens is 260 g/mol. The van der Waals surface area contributed by atoms with Gasteiger partial charge in [-0.05, 0) is 25.1 Å². The fourth-order valence-electron chi connectivity index (χ4n) is 1.57. The first-order chi connectivity index (χ1) is 7.08. The Bertz CT molecular complexity index is 542. The summed E-state index contributed by atoms with van der Waals surface area (Å²) >= 11 is 3.35. The van der Waals surface area contributed by atoms with Crippen molar-refractivity contribution in [1.29, 1.82) is 0 Å². The molecule has 1 aromatic heterocycles. The van der Waals surface area contributed by atoms with Crippen LogP contribution in [0.2, 0.25) is 0 Å². The fraction of sp³-hybridized carbons (Fsp3) is 0.300. The lowest BCUT2D eigenvalue weighted by molar-refractivity contribution is 0.174. The largest absolute Gasteiger partial charge is 0.392 e. The highest BCUT2D eigenvalue weighted by Gasteiger charge is 2.08. The molecule has 4 nitrogen and oxygen atoms in total. The van der Waals surface area contributed by atoms with Gasteiger partial charge in [0.25, 0.3) is 0 Å². The van der Waals surface area contributed by atoms with Crippen molar-refractivity contribution >= 4 is 27.0 Å². The first kappa shape index (κ1) is 10.4. The molecule has 2 aromatic rings. The standard InChI is InChI=1S/C10H11BrN2O2/c1-6(14)5-13-9-4-7(11)2-3-8(9)12-10(13)15/h2-4,6,14H,5H2,1H3,(H,12,15). The lowest BCUT2D eigenvalue weighted by Crippen LogP contribution is -2.22. The minimum Gasteiger partial charge on any atom is -0.392 e. The summed E-state index contributed by atoms with van der Waals surface area (Å²) in [5, 5.41) is 9.29. The molecule has 0 aliphatic heterocycles. The van der Waals surface area contributed by atoms with Gasteiger partial charge in [-0.3, -0.25) is 4.57 Å². The van der Waals surface area contributed by atoms with Crippen molar-refractivity contribution in [2.45, 2.75) is 19.6 Å².